The molecule has 2 aliphatic heterocycles. The highest BCUT2D eigenvalue weighted by Gasteiger charge is 2.49. The third-order valence-corrected chi connectivity index (χ3v) is 2.73. The quantitative estimate of drug-likeness (QED) is 0.655. The number of likely N-dealkylation sites (tertiary alicyclic amines) is 1. The van der Waals surface area contributed by atoms with E-state index in [2.05, 4.69) is 5.32 Å². The molecule has 0 atom stereocenters. The zero-order valence-electron chi connectivity index (χ0n) is 10.4. The Morgan fingerprint density at radius 1 is 1.47 bits per heavy atom. The molecule has 0 aromatic heterocycles. The van der Waals surface area contributed by atoms with E-state index in [0.29, 0.717) is 19.6 Å². The maximum atomic E-state index is 11.7. The zero-order valence-corrected chi connectivity index (χ0v) is 10.4. The average molecular weight is 242 g/mol. The second kappa shape index (κ2) is 3.87. The van der Waals surface area contributed by atoms with Crippen molar-refractivity contribution in [3.8, 4) is 0 Å². The van der Waals surface area contributed by atoms with Gasteiger partial charge in [-0.25, -0.2) is 4.79 Å². The lowest BCUT2D eigenvalue weighted by Gasteiger charge is -2.50. The summed E-state index contributed by atoms with van der Waals surface area (Å²) in [4.78, 5) is 24.2. The molecule has 1 N–H and O–H groups in total. The van der Waals surface area contributed by atoms with Gasteiger partial charge in [0.2, 0.25) is 5.91 Å². The molecule has 2 aliphatic rings. The van der Waals surface area contributed by atoms with E-state index in [-0.39, 0.29) is 18.6 Å². The van der Waals surface area contributed by atoms with Crippen LogP contribution in [0.3, 0.4) is 0 Å². The third kappa shape index (κ3) is 2.69. The predicted molar refractivity (Wildman–Crippen MR) is 59.5 cm³/mol. The van der Waals surface area contributed by atoms with Crippen LogP contribution in [-0.4, -0.2) is 54.3 Å². The normalized spacial score (nSPS) is 23.0. The van der Waals surface area contributed by atoms with Gasteiger partial charge in [0, 0.05) is 0 Å². The fraction of sp³-hybridized carbons (Fsp3) is 0.818. The van der Waals surface area contributed by atoms with Gasteiger partial charge in [0.05, 0.1) is 19.6 Å². The lowest BCUT2D eigenvalue weighted by molar-refractivity contribution is -0.169. The van der Waals surface area contributed by atoms with E-state index in [0.717, 1.165) is 0 Å². The Hall–Kier alpha value is -1.30. The highest BCUT2D eigenvalue weighted by molar-refractivity contribution is 5.78. The van der Waals surface area contributed by atoms with Crippen LogP contribution >= 0.6 is 0 Å². The first-order chi connectivity index (χ1) is 7.80. The largest absolute Gasteiger partial charge is 0.444 e. The van der Waals surface area contributed by atoms with Gasteiger partial charge in [-0.15, -0.1) is 0 Å². The van der Waals surface area contributed by atoms with Gasteiger partial charge in [0.25, 0.3) is 0 Å². The molecule has 0 radical (unpaired) electrons. The molecule has 6 heteroatoms. The molecule has 2 rings (SSSR count). The molecule has 2 heterocycles. The molecule has 2 fully saturated rings. The van der Waals surface area contributed by atoms with E-state index in [4.69, 9.17) is 9.47 Å². The summed E-state index contributed by atoms with van der Waals surface area (Å²) in [5.41, 5.74) is -0.883. The second-order valence-electron chi connectivity index (χ2n) is 5.58. The molecule has 2 saturated heterocycles. The van der Waals surface area contributed by atoms with E-state index >= 15 is 0 Å². The summed E-state index contributed by atoms with van der Waals surface area (Å²) in [7, 11) is 0. The second-order valence-corrected chi connectivity index (χ2v) is 5.58. The molecule has 17 heavy (non-hydrogen) atoms. The maximum Gasteiger partial charge on any atom is 0.410 e. The zero-order chi connectivity index (χ0) is 12.7. The van der Waals surface area contributed by atoms with E-state index in [9.17, 15) is 9.59 Å². The highest BCUT2D eigenvalue weighted by Crippen LogP contribution is 2.27. The number of rotatable bonds is 0. The van der Waals surface area contributed by atoms with Crippen molar-refractivity contribution in [2.45, 2.75) is 32.0 Å². The Morgan fingerprint density at radius 3 is 2.59 bits per heavy atom. The lowest BCUT2D eigenvalue weighted by atomic mass is 9.93. The SMILES string of the molecule is CC(C)(C)OC(=O)N1CC2(CNC(=O)CO2)C1. The summed E-state index contributed by atoms with van der Waals surface area (Å²) in [6.45, 7) is 6.98. The summed E-state index contributed by atoms with van der Waals surface area (Å²) in [6, 6.07) is 0. The molecular formula is C11H18N2O4. The van der Waals surface area contributed by atoms with Crippen molar-refractivity contribution < 1.29 is 19.1 Å². The van der Waals surface area contributed by atoms with Crippen molar-refractivity contribution in [1.29, 1.82) is 0 Å². The smallest absolute Gasteiger partial charge is 0.410 e. The standard InChI is InChI=1S/C11H18N2O4/c1-10(2,3)17-9(15)13-6-11(7-13)5-12-8(14)4-16-11/h4-7H2,1-3H3,(H,12,14). The van der Waals surface area contributed by atoms with Crippen LogP contribution in [0, 0.1) is 0 Å². The van der Waals surface area contributed by atoms with Gasteiger partial charge in [0.1, 0.15) is 17.8 Å². The summed E-state index contributed by atoms with van der Waals surface area (Å²) in [5, 5.41) is 2.74. The minimum atomic E-state index is -0.485. The monoisotopic (exact) mass is 242 g/mol. The molecule has 96 valence electrons. The lowest BCUT2D eigenvalue weighted by Crippen LogP contribution is -2.71. The highest BCUT2D eigenvalue weighted by atomic mass is 16.6. The summed E-state index contributed by atoms with van der Waals surface area (Å²) < 4.78 is 10.7. The minimum absolute atomic E-state index is 0.0716. The molecular weight excluding hydrogens is 224 g/mol. The van der Waals surface area contributed by atoms with Crippen LogP contribution in [0.15, 0.2) is 0 Å². The number of hydrogen-bond donors (Lipinski definition) is 1. The maximum absolute atomic E-state index is 11.7. The minimum Gasteiger partial charge on any atom is -0.444 e. The molecule has 0 aromatic rings. The van der Waals surface area contributed by atoms with Crippen LogP contribution in [0.25, 0.3) is 0 Å². The Morgan fingerprint density at radius 2 is 2.12 bits per heavy atom. The molecule has 0 aromatic carbocycles. The van der Waals surface area contributed by atoms with E-state index in [1.54, 1.807) is 4.90 Å². The Balaban J connectivity index is 1.82. The summed E-state index contributed by atoms with van der Waals surface area (Å²) >= 11 is 0. The molecule has 1 spiro atoms. The van der Waals surface area contributed by atoms with Crippen molar-refractivity contribution in [1.82, 2.24) is 10.2 Å². The summed E-state index contributed by atoms with van der Waals surface area (Å²) in [6.07, 6.45) is -0.330. The number of carbonyl (C=O) groups excluding carboxylic acids is 2. The number of hydrogen-bond acceptors (Lipinski definition) is 4. The van der Waals surface area contributed by atoms with Crippen LogP contribution in [0.5, 0.6) is 0 Å². The van der Waals surface area contributed by atoms with Crippen LogP contribution in [-0.2, 0) is 14.3 Å². The van der Waals surface area contributed by atoms with Crippen molar-refractivity contribution in [2.75, 3.05) is 26.2 Å². The van der Waals surface area contributed by atoms with Crippen LogP contribution in [0.2, 0.25) is 0 Å². The van der Waals surface area contributed by atoms with E-state index in [1.165, 1.54) is 0 Å². The van der Waals surface area contributed by atoms with Crippen LogP contribution < -0.4 is 5.32 Å². The van der Waals surface area contributed by atoms with Crippen molar-refractivity contribution in [3.05, 3.63) is 0 Å². The van der Waals surface area contributed by atoms with Crippen molar-refractivity contribution in [3.63, 3.8) is 0 Å². The summed E-state index contributed by atoms with van der Waals surface area (Å²) in [5.74, 6) is -0.105. The van der Waals surface area contributed by atoms with Crippen LogP contribution in [0.1, 0.15) is 20.8 Å². The molecule has 2 amide bonds. The number of carbonyl (C=O) groups is 2. The molecule has 0 aliphatic carbocycles. The van der Waals surface area contributed by atoms with Crippen molar-refractivity contribution in [2.24, 2.45) is 0 Å². The number of amides is 2. The van der Waals surface area contributed by atoms with Crippen LogP contribution in [0.4, 0.5) is 4.79 Å². The topological polar surface area (TPSA) is 67.9 Å². The van der Waals surface area contributed by atoms with Gasteiger partial charge in [0.15, 0.2) is 0 Å². The van der Waals surface area contributed by atoms with Crippen molar-refractivity contribution >= 4 is 12.0 Å². The van der Waals surface area contributed by atoms with E-state index in [1.807, 2.05) is 20.8 Å². The van der Waals surface area contributed by atoms with Gasteiger partial charge < -0.3 is 19.7 Å². The first kappa shape index (κ1) is 12.2. The fourth-order valence-electron chi connectivity index (χ4n) is 1.89. The first-order valence-corrected chi connectivity index (χ1v) is 5.68. The average Bonchev–Trinajstić information content (AvgIpc) is 2.13. The fourth-order valence-corrected chi connectivity index (χ4v) is 1.89. The molecule has 0 unspecified atom stereocenters. The number of ether oxygens (including phenoxy) is 2. The molecule has 6 nitrogen and oxygen atoms in total. The predicted octanol–water partition coefficient (Wildman–Crippen LogP) is 0.122. The van der Waals surface area contributed by atoms with Gasteiger partial charge in [-0.3, -0.25) is 4.79 Å². The Labute approximate surface area is 100 Å². The van der Waals surface area contributed by atoms with Gasteiger partial charge >= 0.3 is 6.09 Å². The van der Waals surface area contributed by atoms with Gasteiger partial charge in [-0.05, 0) is 20.8 Å². The number of nitrogens with zero attached hydrogens (tertiary/aromatic N) is 1. The molecule has 0 bridgehead atoms. The number of nitrogens with one attached hydrogen (secondary N) is 1. The first-order valence-electron chi connectivity index (χ1n) is 5.68. The Kier molecular flexibility index (Phi) is 2.77. The molecule has 0 saturated carbocycles. The Bertz CT molecular complexity index is 330. The van der Waals surface area contributed by atoms with Gasteiger partial charge in [-0.2, -0.15) is 0 Å². The van der Waals surface area contributed by atoms with Gasteiger partial charge in [-0.1, -0.05) is 0 Å². The number of morpholine rings is 1. The third-order valence-electron chi connectivity index (χ3n) is 2.73. The van der Waals surface area contributed by atoms with E-state index < -0.39 is 11.2 Å².